The SMILES string of the molecule is c1cc2c3c(cccc3c1)C1=C(C2)CC2(C1)OCCO2. The minimum absolute atomic E-state index is 0.352. The van der Waals surface area contributed by atoms with Crippen LogP contribution in [0.15, 0.2) is 42.0 Å². The monoisotopic (exact) mass is 264 g/mol. The van der Waals surface area contributed by atoms with Gasteiger partial charge in [0.25, 0.3) is 0 Å². The van der Waals surface area contributed by atoms with Gasteiger partial charge < -0.3 is 9.47 Å². The molecule has 0 aromatic heterocycles. The summed E-state index contributed by atoms with van der Waals surface area (Å²) < 4.78 is 11.8. The molecule has 0 N–H and O–H groups in total. The Bertz CT molecular complexity index is 746. The summed E-state index contributed by atoms with van der Waals surface area (Å²) in [4.78, 5) is 0. The first-order valence-electron chi connectivity index (χ1n) is 7.34. The van der Waals surface area contributed by atoms with E-state index >= 15 is 0 Å². The number of fused-ring (bicyclic) bond motifs is 1. The number of hydrogen-bond acceptors (Lipinski definition) is 2. The van der Waals surface area contributed by atoms with Crippen LogP contribution in [0.25, 0.3) is 16.3 Å². The molecule has 1 aliphatic heterocycles. The molecule has 0 unspecified atom stereocenters. The molecule has 2 nitrogen and oxygen atoms in total. The average molecular weight is 264 g/mol. The maximum absolute atomic E-state index is 5.92. The fraction of sp³-hybridized carbons (Fsp3) is 0.333. The van der Waals surface area contributed by atoms with Crippen molar-refractivity contribution in [3.05, 3.63) is 53.1 Å². The summed E-state index contributed by atoms with van der Waals surface area (Å²) in [5.74, 6) is -0.352. The van der Waals surface area contributed by atoms with Crippen molar-refractivity contribution in [3.63, 3.8) is 0 Å². The van der Waals surface area contributed by atoms with E-state index in [0.717, 1.165) is 32.5 Å². The molecule has 0 bridgehead atoms. The Hall–Kier alpha value is -1.64. The zero-order valence-electron chi connectivity index (χ0n) is 11.3. The van der Waals surface area contributed by atoms with Crippen LogP contribution in [0.3, 0.4) is 0 Å². The third-order valence-electron chi connectivity index (χ3n) is 4.89. The highest BCUT2D eigenvalue weighted by Gasteiger charge is 2.45. The second-order valence-corrected chi connectivity index (χ2v) is 6.04. The summed E-state index contributed by atoms with van der Waals surface area (Å²) in [5.41, 5.74) is 5.83. The molecule has 2 aliphatic carbocycles. The first kappa shape index (κ1) is 11.1. The maximum Gasteiger partial charge on any atom is 0.176 e. The van der Waals surface area contributed by atoms with E-state index in [1.807, 2.05) is 0 Å². The molecule has 3 aliphatic rings. The van der Waals surface area contributed by atoms with Crippen LogP contribution < -0.4 is 0 Å². The Balaban J connectivity index is 1.71. The minimum Gasteiger partial charge on any atom is -0.347 e. The van der Waals surface area contributed by atoms with Crippen LogP contribution in [-0.2, 0) is 15.9 Å². The van der Waals surface area contributed by atoms with Crippen molar-refractivity contribution in [1.29, 1.82) is 0 Å². The summed E-state index contributed by atoms with van der Waals surface area (Å²) in [7, 11) is 0. The van der Waals surface area contributed by atoms with Gasteiger partial charge in [0.15, 0.2) is 5.79 Å². The highest BCUT2D eigenvalue weighted by molar-refractivity contribution is 5.99. The van der Waals surface area contributed by atoms with E-state index in [0.29, 0.717) is 0 Å². The van der Waals surface area contributed by atoms with E-state index in [1.165, 1.54) is 33.0 Å². The zero-order chi connectivity index (χ0) is 13.2. The normalized spacial score (nSPS) is 22.8. The first-order valence-corrected chi connectivity index (χ1v) is 7.34. The van der Waals surface area contributed by atoms with Crippen LogP contribution in [0.1, 0.15) is 24.0 Å². The standard InChI is InChI=1S/C18H16O2/c1-3-12-4-2-6-15-16-11-18(19-7-8-20-18)10-14(16)9-13(5-1)17(12)15/h1-6H,7-11H2. The van der Waals surface area contributed by atoms with Gasteiger partial charge in [-0.15, -0.1) is 0 Å². The smallest absolute Gasteiger partial charge is 0.176 e. The number of benzene rings is 2. The molecule has 2 aromatic carbocycles. The van der Waals surface area contributed by atoms with Crippen molar-refractivity contribution in [1.82, 2.24) is 0 Å². The summed E-state index contributed by atoms with van der Waals surface area (Å²) in [6.07, 6.45) is 2.90. The van der Waals surface area contributed by atoms with Gasteiger partial charge in [0.05, 0.1) is 13.2 Å². The van der Waals surface area contributed by atoms with Crippen LogP contribution in [0.2, 0.25) is 0 Å². The van der Waals surface area contributed by atoms with Gasteiger partial charge in [0.2, 0.25) is 0 Å². The molecular formula is C18H16O2. The van der Waals surface area contributed by atoms with Crippen molar-refractivity contribution < 1.29 is 9.47 Å². The molecule has 0 radical (unpaired) electrons. The lowest BCUT2D eigenvalue weighted by Crippen LogP contribution is -2.26. The Kier molecular flexibility index (Phi) is 2.06. The molecule has 2 heteroatoms. The molecule has 5 rings (SSSR count). The Morgan fingerprint density at radius 2 is 1.70 bits per heavy atom. The van der Waals surface area contributed by atoms with Gasteiger partial charge in [-0.05, 0) is 33.9 Å². The largest absolute Gasteiger partial charge is 0.347 e. The molecule has 1 spiro atoms. The molecular weight excluding hydrogens is 248 g/mol. The highest BCUT2D eigenvalue weighted by atomic mass is 16.7. The lowest BCUT2D eigenvalue weighted by Gasteiger charge is -2.21. The number of rotatable bonds is 0. The zero-order valence-corrected chi connectivity index (χ0v) is 11.3. The lowest BCUT2D eigenvalue weighted by atomic mass is 9.85. The predicted octanol–water partition coefficient (Wildman–Crippen LogP) is 3.69. The number of hydrogen-bond donors (Lipinski definition) is 0. The van der Waals surface area contributed by atoms with E-state index in [-0.39, 0.29) is 5.79 Å². The molecule has 1 fully saturated rings. The minimum atomic E-state index is -0.352. The topological polar surface area (TPSA) is 18.5 Å². The summed E-state index contributed by atoms with van der Waals surface area (Å²) in [6, 6.07) is 13.3. The van der Waals surface area contributed by atoms with Crippen molar-refractivity contribution in [2.75, 3.05) is 13.2 Å². The molecule has 0 saturated carbocycles. The molecule has 1 saturated heterocycles. The van der Waals surface area contributed by atoms with Crippen LogP contribution in [-0.4, -0.2) is 19.0 Å². The first-order chi connectivity index (χ1) is 9.85. The van der Waals surface area contributed by atoms with Gasteiger partial charge in [-0.25, -0.2) is 0 Å². The van der Waals surface area contributed by atoms with Crippen LogP contribution in [0.5, 0.6) is 0 Å². The number of ether oxygens (including phenoxy) is 2. The molecule has 0 amide bonds. The van der Waals surface area contributed by atoms with Gasteiger partial charge >= 0.3 is 0 Å². The van der Waals surface area contributed by atoms with E-state index in [1.54, 1.807) is 0 Å². The predicted molar refractivity (Wildman–Crippen MR) is 78.4 cm³/mol. The lowest BCUT2D eigenvalue weighted by molar-refractivity contribution is -0.145. The fourth-order valence-corrected chi connectivity index (χ4v) is 4.09. The van der Waals surface area contributed by atoms with Gasteiger partial charge in [-0.1, -0.05) is 42.0 Å². The quantitative estimate of drug-likeness (QED) is 0.722. The average Bonchev–Trinajstić information content (AvgIpc) is 3.07. The highest BCUT2D eigenvalue weighted by Crippen LogP contribution is 2.50. The van der Waals surface area contributed by atoms with E-state index in [9.17, 15) is 0 Å². The molecule has 0 atom stereocenters. The van der Waals surface area contributed by atoms with E-state index in [4.69, 9.17) is 9.47 Å². The molecule has 2 aromatic rings. The van der Waals surface area contributed by atoms with Crippen molar-refractivity contribution in [2.45, 2.75) is 25.0 Å². The van der Waals surface area contributed by atoms with Gasteiger partial charge in [0.1, 0.15) is 0 Å². The maximum atomic E-state index is 5.92. The Labute approximate surface area is 118 Å². The molecule has 100 valence electrons. The van der Waals surface area contributed by atoms with Crippen molar-refractivity contribution in [2.24, 2.45) is 0 Å². The van der Waals surface area contributed by atoms with Gasteiger partial charge in [-0.2, -0.15) is 0 Å². The summed E-state index contributed by atoms with van der Waals surface area (Å²) >= 11 is 0. The molecule has 20 heavy (non-hydrogen) atoms. The summed E-state index contributed by atoms with van der Waals surface area (Å²) in [5, 5.41) is 2.78. The van der Waals surface area contributed by atoms with Crippen LogP contribution >= 0.6 is 0 Å². The third-order valence-corrected chi connectivity index (χ3v) is 4.89. The second kappa shape index (κ2) is 3.72. The second-order valence-electron chi connectivity index (χ2n) is 6.04. The summed E-state index contributed by atoms with van der Waals surface area (Å²) in [6.45, 7) is 1.47. The van der Waals surface area contributed by atoms with Gasteiger partial charge in [0, 0.05) is 12.8 Å². The fourth-order valence-electron chi connectivity index (χ4n) is 4.09. The van der Waals surface area contributed by atoms with Gasteiger partial charge in [-0.3, -0.25) is 0 Å². The Morgan fingerprint density at radius 3 is 2.55 bits per heavy atom. The van der Waals surface area contributed by atoms with Crippen molar-refractivity contribution in [3.8, 4) is 0 Å². The third kappa shape index (κ3) is 1.36. The van der Waals surface area contributed by atoms with Crippen LogP contribution in [0, 0.1) is 0 Å². The van der Waals surface area contributed by atoms with E-state index < -0.39 is 0 Å². The van der Waals surface area contributed by atoms with E-state index in [2.05, 4.69) is 36.4 Å². The van der Waals surface area contributed by atoms with Crippen LogP contribution in [0.4, 0.5) is 0 Å². The molecule has 1 heterocycles. The Morgan fingerprint density at radius 1 is 0.900 bits per heavy atom. The van der Waals surface area contributed by atoms with Crippen molar-refractivity contribution >= 4 is 16.3 Å².